The number of hydrogen-bond acceptors (Lipinski definition) is 5. The van der Waals surface area contributed by atoms with E-state index in [4.69, 9.17) is 4.74 Å². The Bertz CT molecular complexity index is 847. The summed E-state index contributed by atoms with van der Waals surface area (Å²) in [5.74, 6) is -1.17. The van der Waals surface area contributed by atoms with Crippen LogP contribution in [0.25, 0.3) is 11.1 Å². The Morgan fingerprint density at radius 1 is 1.22 bits per heavy atom. The predicted molar refractivity (Wildman–Crippen MR) is 84.1 cm³/mol. The lowest BCUT2D eigenvalue weighted by atomic mass is 10.1. The zero-order valence-electron chi connectivity index (χ0n) is 12.8. The van der Waals surface area contributed by atoms with Gasteiger partial charge in [0, 0.05) is 25.9 Å². The van der Waals surface area contributed by atoms with Gasteiger partial charge in [-0.05, 0) is 23.8 Å². The van der Waals surface area contributed by atoms with Crippen molar-refractivity contribution in [3.05, 3.63) is 42.1 Å². The molecule has 1 N–H and O–H groups in total. The molecule has 8 heteroatoms. The lowest BCUT2D eigenvalue weighted by molar-refractivity contribution is 0.0692. The predicted octanol–water partition coefficient (Wildman–Crippen LogP) is 1.71. The fourth-order valence-corrected chi connectivity index (χ4v) is 2.92. The van der Waals surface area contributed by atoms with Gasteiger partial charge in [0.25, 0.3) is 0 Å². The summed E-state index contributed by atoms with van der Waals surface area (Å²) in [7, 11) is 0.645. The van der Waals surface area contributed by atoms with Gasteiger partial charge in [-0.25, -0.2) is 22.5 Å². The van der Waals surface area contributed by atoms with E-state index in [2.05, 4.69) is 4.98 Å². The molecule has 1 heterocycles. The highest BCUT2D eigenvalue weighted by atomic mass is 32.2. The van der Waals surface area contributed by atoms with E-state index in [0.717, 1.165) is 4.31 Å². The molecule has 0 fully saturated rings. The molecule has 0 radical (unpaired) electrons. The molecule has 0 aliphatic heterocycles. The van der Waals surface area contributed by atoms with E-state index in [0.29, 0.717) is 11.1 Å². The second-order valence-electron chi connectivity index (χ2n) is 4.90. The van der Waals surface area contributed by atoms with E-state index < -0.39 is 16.0 Å². The van der Waals surface area contributed by atoms with Gasteiger partial charge in [-0.15, -0.1) is 0 Å². The Morgan fingerprint density at radius 2 is 1.91 bits per heavy atom. The van der Waals surface area contributed by atoms with Crippen LogP contribution in [0.2, 0.25) is 0 Å². The minimum atomic E-state index is -3.57. The molecule has 2 aromatic rings. The topological polar surface area (TPSA) is 96.8 Å². The van der Waals surface area contributed by atoms with Crippen LogP contribution in [0.3, 0.4) is 0 Å². The number of nitrogens with zero attached hydrogens (tertiary/aromatic N) is 2. The first-order valence-electron chi connectivity index (χ1n) is 6.57. The molecule has 0 bridgehead atoms. The Kier molecular flexibility index (Phi) is 4.67. The van der Waals surface area contributed by atoms with Crippen LogP contribution in [-0.2, 0) is 10.0 Å². The molecule has 0 saturated carbocycles. The Morgan fingerprint density at radius 3 is 2.48 bits per heavy atom. The summed E-state index contributed by atoms with van der Waals surface area (Å²) in [5, 5.41) is 9.20. The van der Waals surface area contributed by atoms with E-state index in [1.54, 1.807) is 12.1 Å². The number of aromatic nitrogens is 1. The normalized spacial score (nSPS) is 11.5. The van der Waals surface area contributed by atoms with Gasteiger partial charge in [-0.1, -0.05) is 12.1 Å². The molecule has 0 atom stereocenters. The van der Waals surface area contributed by atoms with Gasteiger partial charge in [0.15, 0.2) is 0 Å². The Labute approximate surface area is 134 Å². The van der Waals surface area contributed by atoms with E-state index in [9.17, 15) is 18.3 Å². The lowest BCUT2D eigenvalue weighted by Crippen LogP contribution is -2.22. The molecule has 0 aliphatic carbocycles. The molecule has 2 rings (SSSR count). The van der Waals surface area contributed by atoms with Crippen LogP contribution >= 0.6 is 0 Å². The highest BCUT2D eigenvalue weighted by molar-refractivity contribution is 7.89. The summed E-state index contributed by atoms with van der Waals surface area (Å²) >= 11 is 0. The third kappa shape index (κ3) is 3.33. The maximum absolute atomic E-state index is 12.2. The number of aromatic carboxylic acids is 1. The van der Waals surface area contributed by atoms with Crippen molar-refractivity contribution in [1.29, 1.82) is 0 Å². The summed E-state index contributed by atoms with van der Waals surface area (Å²) in [4.78, 5) is 15.3. The zero-order chi connectivity index (χ0) is 17.2. The number of carbonyl (C=O) groups is 1. The van der Waals surface area contributed by atoms with Crippen LogP contribution in [0.1, 0.15) is 10.4 Å². The summed E-state index contributed by atoms with van der Waals surface area (Å²) in [6.07, 6.45) is 1.44. The van der Waals surface area contributed by atoms with Crippen molar-refractivity contribution in [1.82, 2.24) is 9.29 Å². The molecule has 0 amide bonds. The first kappa shape index (κ1) is 16.9. The van der Waals surface area contributed by atoms with Crippen LogP contribution in [0, 0.1) is 0 Å². The minimum absolute atomic E-state index is 0.00156. The lowest BCUT2D eigenvalue weighted by Gasteiger charge is -2.12. The van der Waals surface area contributed by atoms with Gasteiger partial charge in [0.2, 0.25) is 15.9 Å². The molecule has 1 aromatic carbocycles. The van der Waals surface area contributed by atoms with Crippen molar-refractivity contribution in [3.8, 4) is 17.0 Å². The quantitative estimate of drug-likeness (QED) is 0.893. The molecule has 0 spiro atoms. The number of sulfonamides is 1. The Hall–Kier alpha value is -2.45. The van der Waals surface area contributed by atoms with Gasteiger partial charge < -0.3 is 9.84 Å². The number of rotatable bonds is 5. The number of carboxylic acids is 1. The summed E-state index contributed by atoms with van der Waals surface area (Å²) in [5.41, 5.74) is 0.940. The zero-order valence-corrected chi connectivity index (χ0v) is 13.7. The monoisotopic (exact) mass is 336 g/mol. The maximum Gasteiger partial charge on any atom is 0.341 e. The second-order valence-corrected chi connectivity index (χ2v) is 7.05. The van der Waals surface area contributed by atoms with Crippen LogP contribution in [-0.4, -0.2) is 50.0 Å². The van der Waals surface area contributed by atoms with Gasteiger partial charge in [0.05, 0.1) is 12.0 Å². The van der Waals surface area contributed by atoms with Gasteiger partial charge in [0.1, 0.15) is 5.56 Å². The first-order valence-corrected chi connectivity index (χ1v) is 8.01. The number of hydrogen-bond donors (Lipinski definition) is 1. The molecule has 1 aromatic heterocycles. The first-order chi connectivity index (χ1) is 10.8. The second kappa shape index (κ2) is 6.35. The van der Waals surface area contributed by atoms with Crippen molar-refractivity contribution in [2.75, 3.05) is 21.2 Å². The van der Waals surface area contributed by atoms with E-state index in [1.807, 2.05) is 0 Å². The van der Waals surface area contributed by atoms with Crippen LogP contribution < -0.4 is 4.74 Å². The van der Waals surface area contributed by atoms with E-state index in [-0.39, 0.29) is 16.3 Å². The molecule has 0 aliphatic rings. The average molecular weight is 336 g/mol. The SMILES string of the molecule is COc1ncc(-c2cccc(S(=O)(=O)N(C)C)c2)cc1C(=O)O. The minimum Gasteiger partial charge on any atom is -0.480 e. The number of pyridine rings is 1. The molecule has 23 heavy (non-hydrogen) atoms. The molecular formula is C15H16N2O5S. The Balaban J connectivity index is 2.56. The third-order valence-corrected chi connectivity index (χ3v) is 5.03. The third-order valence-electron chi connectivity index (χ3n) is 3.22. The highest BCUT2D eigenvalue weighted by Gasteiger charge is 2.19. The van der Waals surface area contributed by atoms with E-state index in [1.165, 1.54) is 45.6 Å². The standard InChI is InChI=1S/C15H16N2O5S/c1-17(2)23(20,21)12-6-4-5-10(7-12)11-8-13(15(18)19)14(22-3)16-9-11/h4-9H,1-3H3,(H,18,19). The largest absolute Gasteiger partial charge is 0.480 e. The fourth-order valence-electron chi connectivity index (χ4n) is 1.97. The highest BCUT2D eigenvalue weighted by Crippen LogP contribution is 2.26. The molecule has 0 saturated heterocycles. The number of methoxy groups -OCH3 is 1. The number of carboxylic acid groups (broad SMARTS) is 1. The van der Waals surface area contributed by atoms with Gasteiger partial charge >= 0.3 is 5.97 Å². The van der Waals surface area contributed by atoms with Crippen molar-refractivity contribution in [2.45, 2.75) is 4.90 Å². The van der Waals surface area contributed by atoms with Crippen LogP contribution in [0.5, 0.6) is 5.88 Å². The van der Waals surface area contributed by atoms with Crippen molar-refractivity contribution in [3.63, 3.8) is 0 Å². The maximum atomic E-state index is 12.2. The van der Waals surface area contributed by atoms with Crippen molar-refractivity contribution >= 4 is 16.0 Å². The van der Waals surface area contributed by atoms with Crippen molar-refractivity contribution in [2.24, 2.45) is 0 Å². The smallest absolute Gasteiger partial charge is 0.341 e. The van der Waals surface area contributed by atoms with Crippen molar-refractivity contribution < 1.29 is 23.1 Å². The summed E-state index contributed by atoms with van der Waals surface area (Å²) < 4.78 is 30.4. The van der Waals surface area contributed by atoms with Crippen LogP contribution in [0.4, 0.5) is 0 Å². The molecule has 7 nitrogen and oxygen atoms in total. The molecule has 0 unspecified atom stereocenters. The number of benzene rings is 1. The van der Waals surface area contributed by atoms with Gasteiger partial charge in [-0.3, -0.25) is 0 Å². The molecular weight excluding hydrogens is 320 g/mol. The number of ether oxygens (including phenoxy) is 1. The van der Waals surface area contributed by atoms with Gasteiger partial charge in [-0.2, -0.15) is 0 Å². The average Bonchev–Trinajstić information content (AvgIpc) is 2.54. The van der Waals surface area contributed by atoms with E-state index >= 15 is 0 Å². The molecule has 122 valence electrons. The fraction of sp³-hybridized carbons (Fsp3) is 0.200. The summed E-state index contributed by atoms with van der Waals surface area (Å²) in [6, 6.07) is 7.63. The summed E-state index contributed by atoms with van der Waals surface area (Å²) in [6.45, 7) is 0. The van der Waals surface area contributed by atoms with Crippen LogP contribution in [0.15, 0.2) is 41.4 Å².